The number of nitrogens with zero attached hydrogens (tertiary/aromatic N) is 3. The minimum Gasteiger partial charge on any atom is -0.369 e. The van der Waals surface area contributed by atoms with Crippen LogP contribution in [0.4, 0.5) is 5.82 Å². The Bertz CT molecular complexity index is 363. The van der Waals surface area contributed by atoms with Gasteiger partial charge >= 0.3 is 0 Å². The molecule has 100 valence electrons. The molecule has 1 saturated heterocycles. The fourth-order valence-corrected chi connectivity index (χ4v) is 2.52. The molecular formula is C14H24N4. The van der Waals surface area contributed by atoms with Crippen LogP contribution in [0.2, 0.25) is 0 Å². The van der Waals surface area contributed by atoms with Crippen LogP contribution >= 0.6 is 0 Å². The lowest BCUT2D eigenvalue weighted by Crippen LogP contribution is -2.40. The molecule has 0 saturated carbocycles. The number of likely N-dealkylation sites (tertiary alicyclic amines) is 1. The van der Waals surface area contributed by atoms with Gasteiger partial charge in [-0.15, -0.1) is 0 Å². The van der Waals surface area contributed by atoms with Crippen molar-refractivity contribution in [3.05, 3.63) is 18.1 Å². The van der Waals surface area contributed by atoms with E-state index in [2.05, 4.69) is 41.0 Å². The molecule has 18 heavy (non-hydrogen) atoms. The summed E-state index contributed by atoms with van der Waals surface area (Å²) in [6, 6.07) is 0.663. The Kier molecular flexibility index (Phi) is 4.53. The highest BCUT2D eigenvalue weighted by Crippen LogP contribution is 2.22. The summed E-state index contributed by atoms with van der Waals surface area (Å²) in [4.78, 5) is 11.4. The predicted octanol–water partition coefficient (Wildman–Crippen LogP) is 2.53. The first-order valence-corrected chi connectivity index (χ1v) is 6.98. The predicted molar refractivity (Wildman–Crippen MR) is 74.5 cm³/mol. The molecule has 1 fully saturated rings. The van der Waals surface area contributed by atoms with E-state index >= 15 is 0 Å². The van der Waals surface area contributed by atoms with E-state index in [-0.39, 0.29) is 0 Å². The molecular weight excluding hydrogens is 224 g/mol. The molecule has 2 atom stereocenters. The van der Waals surface area contributed by atoms with Gasteiger partial charge in [0.15, 0.2) is 0 Å². The Hall–Kier alpha value is -1.16. The fraction of sp³-hybridized carbons (Fsp3) is 0.714. The van der Waals surface area contributed by atoms with Crippen molar-refractivity contribution in [3.8, 4) is 0 Å². The van der Waals surface area contributed by atoms with Crippen molar-refractivity contribution in [2.75, 3.05) is 18.4 Å². The quantitative estimate of drug-likeness (QED) is 0.889. The van der Waals surface area contributed by atoms with Crippen molar-refractivity contribution in [2.45, 2.75) is 46.2 Å². The van der Waals surface area contributed by atoms with Crippen LogP contribution in [0.1, 0.15) is 39.3 Å². The first-order valence-electron chi connectivity index (χ1n) is 6.98. The third kappa shape index (κ3) is 3.42. The van der Waals surface area contributed by atoms with Crippen LogP contribution in [-0.2, 0) is 6.54 Å². The Morgan fingerprint density at radius 2 is 2.11 bits per heavy atom. The van der Waals surface area contributed by atoms with E-state index in [0.29, 0.717) is 6.04 Å². The molecule has 1 aromatic rings. The maximum atomic E-state index is 4.48. The highest BCUT2D eigenvalue weighted by molar-refractivity contribution is 5.30. The van der Waals surface area contributed by atoms with Gasteiger partial charge in [0, 0.05) is 25.7 Å². The molecule has 4 heteroatoms. The number of rotatable bonds is 4. The summed E-state index contributed by atoms with van der Waals surface area (Å²) < 4.78 is 0. The first-order chi connectivity index (χ1) is 8.69. The van der Waals surface area contributed by atoms with Gasteiger partial charge in [-0.25, -0.2) is 4.98 Å². The van der Waals surface area contributed by atoms with E-state index < -0.39 is 0 Å². The Balaban J connectivity index is 1.95. The highest BCUT2D eigenvalue weighted by Gasteiger charge is 2.23. The molecule has 0 aromatic carbocycles. The second kappa shape index (κ2) is 6.14. The Labute approximate surface area is 110 Å². The molecule has 1 N–H and O–H groups in total. The molecule has 1 aliphatic rings. The number of anilines is 1. The third-order valence-corrected chi connectivity index (χ3v) is 3.68. The summed E-state index contributed by atoms with van der Waals surface area (Å²) in [5, 5.41) is 3.17. The number of nitrogens with one attached hydrogen (secondary N) is 1. The Morgan fingerprint density at radius 3 is 2.78 bits per heavy atom. The summed E-state index contributed by atoms with van der Waals surface area (Å²) in [6.45, 7) is 9.69. The van der Waals surface area contributed by atoms with E-state index in [9.17, 15) is 0 Å². The van der Waals surface area contributed by atoms with E-state index in [1.54, 1.807) is 0 Å². The van der Waals surface area contributed by atoms with E-state index in [4.69, 9.17) is 0 Å². The molecule has 2 rings (SSSR count). The maximum absolute atomic E-state index is 4.48. The summed E-state index contributed by atoms with van der Waals surface area (Å²) in [6.07, 6.45) is 6.37. The number of aromatic nitrogens is 2. The van der Waals surface area contributed by atoms with Crippen LogP contribution in [0.15, 0.2) is 12.4 Å². The minimum absolute atomic E-state index is 0.663. The number of hydrogen-bond donors (Lipinski definition) is 1. The van der Waals surface area contributed by atoms with Crippen LogP contribution in [-0.4, -0.2) is 34.0 Å². The minimum atomic E-state index is 0.663. The second-order valence-corrected chi connectivity index (χ2v) is 5.38. The van der Waals surface area contributed by atoms with Gasteiger partial charge in [0.1, 0.15) is 5.82 Å². The van der Waals surface area contributed by atoms with E-state index in [1.165, 1.54) is 19.4 Å². The zero-order chi connectivity index (χ0) is 13.0. The summed E-state index contributed by atoms with van der Waals surface area (Å²) in [5.74, 6) is 1.66. The molecule has 1 aromatic heterocycles. The third-order valence-electron chi connectivity index (χ3n) is 3.68. The molecule has 0 amide bonds. The summed E-state index contributed by atoms with van der Waals surface area (Å²) >= 11 is 0. The molecule has 2 heterocycles. The first kappa shape index (κ1) is 13.3. The standard InChI is InChI=1S/C14H24N4/c1-4-15-14-8-16-13(7-17-14)10-18-9-11(2)5-6-12(18)3/h7-8,11-12H,4-6,9-10H2,1-3H3,(H,15,17). The van der Waals surface area contributed by atoms with Gasteiger partial charge in [-0.1, -0.05) is 6.92 Å². The monoisotopic (exact) mass is 248 g/mol. The van der Waals surface area contributed by atoms with Crippen LogP contribution in [0.5, 0.6) is 0 Å². The fourth-order valence-electron chi connectivity index (χ4n) is 2.52. The number of hydrogen-bond acceptors (Lipinski definition) is 4. The second-order valence-electron chi connectivity index (χ2n) is 5.38. The molecule has 1 aliphatic heterocycles. The van der Waals surface area contributed by atoms with Gasteiger partial charge in [0.25, 0.3) is 0 Å². The average Bonchev–Trinajstić information content (AvgIpc) is 2.37. The van der Waals surface area contributed by atoms with Crippen LogP contribution in [0, 0.1) is 5.92 Å². The van der Waals surface area contributed by atoms with Crippen molar-refractivity contribution < 1.29 is 0 Å². The average molecular weight is 248 g/mol. The van der Waals surface area contributed by atoms with Gasteiger partial charge in [0.05, 0.1) is 18.1 Å². The van der Waals surface area contributed by atoms with Gasteiger partial charge in [-0.3, -0.25) is 9.88 Å². The van der Waals surface area contributed by atoms with Crippen LogP contribution in [0.3, 0.4) is 0 Å². The lowest BCUT2D eigenvalue weighted by atomic mass is 9.95. The largest absolute Gasteiger partial charge is 0.369 e. The normalized spacial score (nSPS) is 25.1. The summed E-state index contributed by atoms with van der Waals surface area (Å²) in [7, 11) is 0. The van der Waals surface area contributed by atoms with E-state index in [0.717, 1.165) is 30.5 Å². The highest BCUT2D eigenvalue weighted by atomic mass is 15.2. The SMILES string of the molecule is CCNc1cnc(CN2CC(C)CCC2C)cn1. The van der Waals surface area contributed by atoms with Crippen LogP contribution in [0.25, 0.3) is 0 Å². The van der Waals surface area contributed by atoms with E-state index in [1.807, 2.05) is 12.4 Å². The van der Waals surface area contributed by atoms with Crippen molar-refractivity contribution >= 4 is 5.82 Å². The van der Waals surface area contributed by atoms with Gasteiger partial charge in [-0.05, 0) is 32.6 Å². The molecule has 0 bridgehead atoms. The smallest absolute Gasteiger partial charge is 0.144 e. The lowest BCUT2D eigenvalue weighted by Gasteiger charge is -2.36. The van der Waals surface area contributed by atoms with Gasteiger partial charge in [0.2, 0.25) is 0 Å². The zero-order valence-electron chi connectivity index (χ0n) is 11.7. The van der Waals surface area contributed by atoms with Crippen molar-refractivity contribution in [3.63, 3.8) is 0 Å². The lowest BCUT2D eigenvalue weighted by molar-refractivity contribution is 0.116. The molecule has 0 aliphatic carbocycles. The van der Waals surface area contributed by atoms with Crippen molar-refractivity contribution in [2.24, 2.45) is 5.92 Å². The number of piperidine rings is 1. The molecule has 2 unspecified atom stereocenters. The zero-order valence-corrected chi connectivity index (χ0v) is 11.7. The van der Waals surface area contributed by atoms with Gasteiger partial charge in [-0.2, -0.15) is 0 Å². The maximum Gasteiger partial charge on any atom is 0.144 e. The summed E-state index contributed by atoms with van der Waals surface area (Å²) in [5.41, 5.74) is 1.07. The molecule has 0 spiro atoms. The topological polar surface area (TPSA) is 41.1 Å². The van der Waals surface area contributed by atoms with Crippen molar-refractivity contribution in [1.82, 2.24) is 14.9 Å². The molecule has 0 radical (unpaired) electrons. The van der Waals surface area contributed by atoms with Gasteiger partial charge < -0.3 is 5.32 Å². The molecule has 4 nitrogen and oxygen atoms in total. The van der Waals surface area contributed by atoms with Crippen LogP contribution < -0.4 is 5.32 Å². The Morgan fingerprint density at radius 1 is 1.28 bits per heavy atom. The van der Waals surface area contributed by atoms with Crippen molar-refractivity contribution in [1.29, 1.82) is 0 Å².